The maximum Gasteiger partial charge on any atom is 0.0235 e. The van der Waals surface area contributed by atoms with Crippen molar-refractivity contribution in [3.63, 3.8) is 0 Å². The molecule has 0 radical (unpaired) electrons. The average molecular weight is 329 g/mol. The second-order valence-corrected chi connectivity index (χ2v) is 9.57. The van der Waals surface area contributed by atoms with Gasteiger partial charge in [0.15, 0.2) is 0 Å². The first kappa shape index (κ1) is 17.0. The zero-order chi connectivity index (χ0) is 15.9. The monoisotopic (exact) mass is 328 g/mol. The van der Waals surface area contributed by atoms with E-state index in [1.807, 2.05) is 0 Å². The van der Waals surface area contributed by atoms with E-state index in [9.17, 15) is 0 Å². The molecule has 1 heterocycles. The van der Waals surface area contributed by atoms with Gasteiger partial charge in [-0.25, -0.2) is 0 Å². The molecule has 4 atom stereocenters. The van der Waals surface area contributed by atoms with Gasteiger partial charge in [-0.2, -0.15) is 10.5 Å². The molecule has 0 saturated heterocycles. The van der Waals surface area contributed by atoms with Crippen molar-refractivity contribution in [3.8, 4) is 0 Å². The van der Waals surface area contributed by atoms with Crippen molar-refractivity contribution in [2.75, 3.05) is 5.75 Å². The summed E-state index contributed by atoms with van der Waals surface area (Å²) < 4.78 is 0. The van der Waals surface area contributed by atoms with Crippen LogP contribution in [-0.4, -0.2) is 16.4 Å². The van der Waals surface area contributed by atoms with Crippen LogP contribution in [0.1, 0.15) is 58.3 Å². The van der Waals surface area contributed by atoms with Crippen molar-refractivity contribution in [1.29, 1.82) is 0 Å². The molecule has 0 fully saturated rings. The minimum atomic E-state index is 0.499. The van der Waals surface area contributed by atoms with E-state index < -0.39 is 0 Å². The second-order valence-electron chi connectivity index (χ2n) is 7.38. The molecular weight excluding hydrogens is 296 g/mol. The van der Waals surface area contributed by atoms with Crippen LogP contribution in [0.25, 0.3) is 0 Å². The molecule has 0 aromatic carbocycles. The fourth-order valence-corrected chi connectivity index (χ4v) is 7.25. The second kappa shape index (κ2) is 8.87. The predicted octanol–water partition coefficient (Wildman–Crippen LogP) is 6.44. The van der Waals surface area contributed by atoms with Gasteiger partial charge in [-0.15, -0.1) is 0 Å². The predicted molar refractivity (Wildman–Crippen MR) is 107 cm³/mol. The van der Waals surface area contributed by atoms with E-state index in [2.05, 4.69) is 54.8 Å². The Labute approximate surface area is 145 Å². The SMILES string of the molecule is CC(CC1CC=CCC1)C(C1=CC=CC=CC1)S1=CCCCC1. The van der Waals surface area contributed by atoms with Crippen molar-refractivity contribution in [2.24, 2.45) is 11.8 Å². The van der Waals surface area contributed by atoms with Gasteiger partial charge >= 0.3 is 0 Å². The van der Waals surface area contributed by atoms with Crippen LogP contribution in [0.15, 0.2) is 48.1 Å². The van der Waals surface area contributed by atoms with Crippen molar-refractivity contribution in [3.05, 3.63) is 48.1 Å². The average Bonchev–Trinajstić information content (AvgIpc) is 2.86. The normalized spacial score (nSPS) is 30.2. The van der Waals surface area contributed by atoms with Gasteiger partial charge < -0.3 is 0 Å². The van der Waals surface area contributed by atoms with Crippen LogP contribution in [0, 0.1) is 11.8 Å². The number of allylic oxidation sites excluding steroid dienone is 7. The molecule has 0 bridgehead atoms. The zero-order valence-electron chi connectivity index (χ0n) is 14.6. The molecule has 0 aromatic heterocycles. The highest BCUT2D eigenvalue weighted by Gasteiger charge is 2.27. The molecule has 0 amide bonds. The summed E-state index contributed by atoms with van der Waals surface area (Å²) in [6.07, 6.45) is 27.0. The molecule has 23 heavy (non-hydrogen) atoms. The fraction of sp³-hybridized carbons (Fsp3) is 0.591. The molecule has 2 aliphatic carbocycles. The third-order valence-electron chi connectivity index (χ3n) is 5.48. The molecule has 0 saturated carbocycles. The Bertz CT molecular complexity index is 532. The minimum Gasteiger partial charge on any atom is -0.182 e. The van der Waals surface area contributed by atoms with Crippen LogP contribution in [-0.2, 0) is 0 Å². The fourth-order valence-electron chi connectivity index (χ4n) is 4.34. The molecule has 0 N–H and O–H groups in total. The summed E-state index contributed by atoms with van der Waals surface area (Å²) in [5, 5.41) is 3.47. The smallest absolute Gasteiger partial charge is 0.0235 e. The van der Waals surface area contributed by atoms with E-state index >= 15 is 0 Å². The highest BCUT2D eigenvalue weighted by atomic mass is 32.2. The largest absolute Gasteiger partial charge is 0.182 e. The van der Waals surface area contributed by atoms with Gasteiger partial charge in [0.2, 0.25) is 0 Å². The third kappa shape index (κ3) is 4.83. The number of rotatable bonds is 5. The zero-order valence-corrected chi connectivity index (χ0v) is 15.4. The van der Waals surface area contributed by atoms with Gasteiger partial charge in [0.25, 0.3) is 0 Å². The van der Waals surface area contributed by atoms with Crippen molar-refractivity contribution in [1.82, 2.24) is 0 Å². The Morgan fingerprint density at radius 3 is 2.83 bits per heavy atom. The molecular formula is C22H32S. The third-order valence-corrected chi connectivity index (χ3v) is 8.32. The first-order valence-electron chi connectivity index (χ1n) is 9.53. The lowest BCUT2D eigenvalue weighted by molar-refractivity contribution is 0.367. The Hall–Kier alpha value is -0.820. The van der Waals surface area contributed by atoms with E-state index in [0.29, 0.717) is 10.5 Å². The van der Waals surface area contributed by atoms with Crippen LogP contribution >= 0.6 is 10.5 Å². The van der Waals surface area contributed by atoms with Crippen LogP contribution < -0.4 is 0 Å². The van der Waals surface area contributed by atoms with E-state index in [1.165, 1.54) is 50.7 Å². The Morgan fingerprint density at radius 2 is 2.04 bits per heavy atom. The molecule has 3 rings (SSSR count). The standard InChI is InChI=1S/C22H32S/c1-19(18-20-12-6-4-7-13-20)22(23-16-10-5-11-17-23)21-14-8-2-3-9-15-21/h2-4,6,8-9,14,16,19-20,22H,5,7,10-13,15,17-18H2,1H3. The number of hydrogen-bond acceptors (Lipinski definition) is 0. The van der Waals surface area contributed by atoms with Crippen LogP contribution in [0.3, 0.4) is 0 Å². The summed E-state index contributed by atoms with van der Waals surface area (Å²) >= 11 is 0. The molecule has 0 nitrogen and oxygen atoms in total. The van der Waals surface area contributed by atoms with Gasteiger partial charge in [0.1, 0.15) is 0 Å². The Kier molecular flexibility index (Phi) is 6.56. The lowest BCUT2D eigenvalue weighted by Gasteiger charge is -2.34. The van der Waals surface area contributed by atoms with Crippen molar-refractivity contribution in [2.45, 2.75) is 63.5 Å². The summed E-state index contributed by atoms with van der Waals surface area (Å²) in [7, 11) is 0.499. The van der Waals surface area contributed by atoms with E-state index in [1.54, 1.807) is 5.57 Å². The van der Waals surface area contributed by atoms with E-state index in [4.69, 9.17) is 0 Å². The lowest BCUT2D eigenvalue weighted by atomic mass is 9.83. The number of hydrogen-bond donors (Lipinski definition) is 0. The highest BCUT2D eigenvalue weighted by molar-refractivity contribution is 8.15. The van der Waals surface area contributed by atoms with Gasteiger partial charge in [-0.1, -0.05) is 60.4 Å². The molecule has 0 spiro atoms. The van der Waals surface area contributed by atoms with Gasteiger partial charge in [0, 0.05) is 5.25 Å². The van der Waals surface area contributed by atoms with Gasteiger partial charge in [-0.05, 0) is 69.0 Å². The van der Waals surface area contributed by atoms with Crippen LogP contribution in [0.2, 0.25) is 0 Å². The van der Waals surface area contributed by atoms with Crippen LogP contribution in [0.4, 0.5) is 0 Å². The first-order valence-corrected chi connectivity index (χ1v) is 11.1. The maximum absolute atomic E-state index is 2.69. The maximum atomic E-state index is 2.69. The van der Waals surface area contributed by atoms with E-state index in [-0.39, 0.29) is 0 Å². The van der Waals surface area contributed by atoms with Crippen molar-refractivity contribution < 1.29 is 0 Å². The molecule has 1 heteroatoms. The molecule has 126 valence electrons. The molecule has 4 unspecified atom stereocenters. The summed E-state index contributed by atoms with van der Waals surface area (Å²) in [6.45, 7) is 2.54. The quantitative estimate of drug-likeness (QED) is 0.402. The first-order chi connectivity index (χ1) is 11.3. The minimum absolute atomic E-state index is 0.499. The summed E-state index contributed by atoms with van der Waals surface area (Å²) in [6, 6.07) is 0. The van der Waals surface area contributed by atoms with Crippen molar-refractivity contribution >= 4 is 15.9 Å². The lowest BCUT2D eigenvalue weighted by Crippen LogP contribution is -2.24. The topological polar surface area (TPSA) is 0 Å². The molecule has 3 aliphatic rings. The van der Waals surface area contributed by atoms with Crippen LogP contribution in [0.5, 0.6) is 0 Å². The Morgan fingerprint density at radius 1 is 1.09 bits per heavy atom. The van der Waals surface area contributed by atoms with Gasteiger partial charge in [0.05, 0.1) is 0 Å². The molecule has 0 aromatic rings. The summed E-state index contributed by atoms with van der Waals surface area (Å²) in [5.41, 5.74) is 1.69. The summed E-state index contributed by atoms with van der Waals surface area (Å²) in [4.78, 5) is 0. The molecule has 1 aliphatic heterocycles. The Balaban J connectivity index is 1.77. The van der Waals surface area contributed by atoms with Gasteiger partial charge in [-0.3, -0.25) is 0 Å². The summed E-state index contributed by atoms with van der Waals surface area (Å²) in [5.74, 6) is 3.17. The van der Waals surface area contributed by atoms with E-state index in [0.717, 1.165) is 23.5 Å². The highest BCUT2D eigenvalue weighted by Crippen LogP contribution is 2.41.